The van der Waals surface area contributed by atoms with E-state index in [1.165, 1.54) is 14.2 Å². The molecule has 0 rings (SSSR count). The molecule has 0 aliphatic heterocycles. The lowest BCUT2D eigenvalue weighted by molar-refractivity contribution is -0.146. The first kappa shape index (κ1) is 13.6. The van der Waals surface area contributed by atoms with E-state index < -0.39 is 14.8 Å². The molecule has 0 aromatic rings. The van der Waals surface area contributed by atoms with Crippen molar-refractivity contribution in [3.63, 3.8) is 0 Å². The second-order valence-electron chi connectivity index (χ2n) is 2.54. The number of carbonyl (C=O) groups is 1. The lowest BCUT2D eigenvalue weighted by Crippen LogP contribution is -2.44. The number of esters is 1. The van der Waals surface area contributed by atoms with Crippen molar-refractivity contribution in [2.24, 2.45) is 0 Å². The molecule has 0 saturated carbocycles. The zero-order chi connectivity index (χ0) is 11.0. The molecule has 0 amide bonds. The average molecular weight is 222 g/mol. The fraction of sp³-hybridized carbons (Fsp3) is 0.875. The largest absolute Gasteiger partial charge is 0.500 e. The second-order valence-corrected chi connectivity index (χ2v) is 5.72. The molecular formula is C8H18O5Si. The topological polar surface area (TPSA) is 54.0 Å². The zero-order valence-corrected chi connectivity index (χ0v) is 10.2. The van der Waals surface area contributed by atoms with Crippen LogP contribution in [0.4, 0.5) is 0 Å². The summed E-state index contributed by atoms with van der Waals surface area (Å²) < 4.78 is 20.3. The number of ether oxygens (including phenoxy) is 1. The molecule has 14 heavy (non-hydrogen) atoms. The first-order valence-electron chi connectivity index (χ1n) is 4.54. The van der Waals surface area contributed by atoms with Gasteiger partial charge in [0.25, 0.3) is 0 Å². The molecule has 84 valence electrons. The summed E-state index contributed by atoms with van der Waals surface area (Å²) in [5.74, 6) is -0.396. The Morgan fingerprint density at radius 1 is 1.21 bits per heavy atom. The molecule has 0 heterocycles. The van der Waals surface area contributed by atoms with Gasteiger partial charge in [0.2, 0.25) is 0 Å². The number of carbonyl (C=O) groups excluding carboxylic acids is 1. The summed E-state index contributed by atoms with van der Waals surface area (Å²) in [5, 5.41) is 0. The summed E-state index contributed by atoms with van der Waals surface area (Å²) in [7, 11) is 0.426. The van der Waals surface area contributed by atoms with E-state index in [-0.39, 0.29) is 6.61 Å². The number of hydrogen-bond acceptors (Lipinski definition) is 5. The van der Waals surface area contributed by atoms with Crippen molar-refractivity contribution in [3.8, 4) is 0 Å². The summed E-state index contributed by atoms with van der Waals surface area (Å²) in [4.78, 5) is 11.0. The SMILES string of the molecule is CCOC(=O)CO[Si](CC)(OC)OC. The summed E-state index contributed by atoms with van der Waals surface area (Å²) >= 11 is 0. The number of rotatable bonds is 7. The highest BCUT2D eigenvalue weighted by Crippen LogP contribution is 2.12. The second kappa shape index (κ2) is 6.94. The van der Waals surface area contributed by atoms with Crippen molar-refractivity contribution in [2.75, 3.05) is 27.4 Å². The van der Waals surface area contributed by atoms with Gasteiger partial charge >= 0.3 is 14.8 Å². The summed E-state index contributed by atoms with van der Waals surface area (Å²) in [6.07, 6.45) is 0. The molecule has 0 N–H and O–H groups in total. The van der Waals surface area contributed by atoms with Crippen LogP contribution < -0.4 is 0 Å². The Labute approximate surface area is 85.7 Å². The van der Waals surface area contributed by atoms with E-state index in [0.29, 0.717) is 12.7 Å². The van der Waals surface area contributed by atoms with Crippen molar-refractivity contribution in [2.45, 2.75) is 19.9 Å². The van der Waals surface area contributed by atoms with Gasteiger partial charge in [0.15, 0.2) is 0 Å². The molecule has 6 heteroatoms. The fourth-order valence-electron chi connectivity index (χ4n) is 0.963. The van der Waals surface area contributed by atoms with Crippen molar-refractivity contribution in [1.82, 2.24) is 0 Å². The van der Waals surface area contributed by atoms with Gasteiger partial charge in [-0.1, -0.05) is 6.92 Å². The Morgan fingerprint density at radius 2 is 1.79 bits per heavy atom. The molecular weight excluding hydrogens is 204 g/mol. The molecule has 0 atom stereocenters. The molecule has 0 aliphatic carbocycles. The minimum absolute atomic E-state index is 0.115. The monoisotopic (exact) mass is 222 g/mol. The van der Waals surface area contributed by atoms with Crippen LogP contribution >= 0.6 is 0 Å². The maximum absolute atomic E-state index is 11.0. The van der Waals surface area contributed by atoms with Crippen LogP contribution in [0.2, 0.25) is 6.04 Å². The standard InChI is InChI=1S/C8H18O5Si/c1-5-12-8(9)7-13-14(6-2,10-3)11-4/h5-7H2,1-4H3. The summed E-state index contributed by atoms with van der Waals surface area (Å²) in [5.41, 5.74) is 0. The van der Waals surface area contributed by atoms with Crippen molar-refractivity contribution >= 4 is 14.8 Å². The molecule has 0 aromatic carbocycles. The predicted molar refractivity (Wildman–Crippen MR) is 52.8 cm³/mol. The van der Waals surface area contributed by atoms with Gasteiger partial charge < -0.3 is 18.0 Å². The van der Waals surface area contributed by atoms with E-state index >= 15 is 0 Å². The van der Waals surface area contributed by atoms with Crippen LogP contribution in [0, 0.1) is 0 Å². The van der Waals surface area contributed by atoms with Gasteiger partial charge in [-0.15, -0.1) is 0 Å². The molecule has 0 unspecified atom stereocenters. The van der Waals surface area contributed by atoms with E-state index in [4.69, 9.17) is 18.0 Å². The van der Waals surface area contributed by atoms with Crippen LogP contribution in [0.5, 0.6) is 0 Å². The van der Waals surface area contributed by atoms with Crippen molar-refractivity contribution < 1.29 is 22.8 Å². The molecule has 0 radical (unpaired) electrons. The molecule has 5 nitrogen and oxygen atoms in total. The van der Waals surface area contributed by atoms with Crippen molar-refractivity contribution in [3.05, 3.63) is 0 Å². The maximum atomic E-state index is 11.0. The predicted octanol–water partition coefficient (Wildman–Crippen LogP) is 0.818. The molecule has 0 spiro atoms. The number of hydrogen-bond donors (Lipinski definition) is 0. The van der Waals surface area contributed by atoms with Gasteiger partial charge in [0.05, 0.1) is 6.61 Å². The Morgan fingerprint density at radius 3 is 2.14 bits per heavy atom. The summed E-state index contributed by atoms with van der Waals surface area (Å²) in [6, 6.07) is 0.624. The van der Waals surface area contributed by atoms with E-state index in [9.17, 15) is 4.79 Å². The lowest BCUT2D eigenvalue weighted by Gasteiger charge is -2.24. The highest BCUT2D eigenvalue weighted by molar-refractivity contribution is 6.60. The van der Waals surface area contributed by atoms with Crippen LogP contribution in [-0.2, 0) is 22.8 Å². The Bertz CT molecular complexity index is 161. The quantitative estimate of drug-likeness (QED) is 0.471. The maximum Gasteiger partial charge on any atom is 0.500 e. The van der Waals surface area contributed by atoms with E-state index in [1.54, 1.807) is 6.92 Å². The van der Waals surface area contributed by atoms with Crippen LogP contribution in [0.3, 0.4) is 0 Å². The summed E-state index contributed by atoms with van der Waals surface area (Å²) in [6.45, 7) is 3.87. The van der Waals surface area contributed by atoms with Crippen LogP contribution in [0.15, 0.2) is 0 Å². The Hall–Kier alpha value is -0.433. The third-order valence-electron chi connectivity index (χ3n) is 1.77. The third-order valence-corrected chi connectivity index (χ3v) is 4.46. The smallest absolute Gasteiger partial charge is 0.464 e. The molecule has 0 bridgehead atoms. The Kier molecular flexibility index (Phi) is 6.72. The minimum atomic E-state index is -2.61. The average Bonchev–Trinajstić information content (AvgIpc) is 2.21. The fourth-order valence-corrected chi connectivity index (χ4v) is 2.49. The molecule has 0 aliphatic rings. The van der Waals surface area contributed by atoms with Crippen LogP contribution in [0.25, 0.3) is 0 Å². The normalized spacial score (nSPS) is 11.4. The first-order valence-corrected chi connectivity index (χ1v) is 6.47. The third kappa shape index (κ3) is 4.19. The Balaban J connectivity index is 3.99. The highest BCUT2D eigenvalue weighted by atomic mass is 28.4. The van der Waals surface area contributed by atoms with Crippen LogP contribution in [-0.4, -0.2) is 42.2 Å². The van der Waals surface area contributed by atoms with E-state index in [1.807, 2.05) is 6.92 Å². The van der Waals surface area contributed by atoms with Crippen LogP contribution in [0.1, 0.15) is 13.8 Å². The minimum Gasteiger partial charge on any atom is -0.464 e. The molecule has 0 aromatic heterocycles. The van der Waals surface area contributed by atoms with Gasteiger partial charge in [-0.25, -0.2) is 4.79 Å². The van der Waals surface area contributed by atoms with Crippen molar-refractivity contribution in [1.29, 1.82) is 0 Å². The van der Waals surface area contributed by atoms with Gasteiger partial charge in [-0.3, -0.25) is 0 Å². The lowest BCUT2D eigenvalue weighted by atomic mass is 10.7. The van der Waals surface area contributed by atoms with Gasteiger partial charge in [-0.05, 0) is 6.92 Å². The van der Waals surface area contributed by atoms with E-state index in [0.717, 1.165) is 0 Å². The highest BCUT2D eigenvalue weighted by Gasteiger charge is 2.37. The van der Waals surface area contributed by atoms with Gasteiger partial charge in [-0.2, -0.15) is 0 Å². The molecule has 0 fully saturated rings. The van der Waals surface area contributed by atoms with Gasteiger partial charge in [0, 0.05) is 20.3 Å². The zero-order valence-electron chi connectivity index (χ0n) is 9.16. The molecule has 0 saturated heterocycles. The first-order chi connectivity index (χ1) is 6.64. The van der Waals surface area contributed by atoms with E-state index in [2.05, 4.69) is 0 Å². The van der Waals surface area contributed by atoms with Gasteiger partial charge in [0.1, 0.15) is 6.61 Å².